The summed E-state index contributed by atoms with van der Waals surface area (Å²) in [7, 11) is 0. The maximum atomic E-state index is 6.01. The molecular formula is C17H25N3O. The molecule has 4 nitrogen and oxygen atoms in total. The molecule has 0 atom stereocenters. The van der Waals surface area contributed by atoms with Gasteiger partial charge in [0.2, 0.25) is 0 Å². The normalized spacial score (nSPS) is 10.9. The van der Waals surface area contributed by atoms with E-state index < -0.39 is 0 Å². The van der Waals surface area contributed by atoms with Gasteiger partial charge in [-0.3, -0.25) is 0 Å². The topological polar surface area (TPSA) is 39.1 Å². The second-order valence-corrected chi connectivity index (χ2v) is 5.26. The van der Waals surface area contributed by atoms with Gasteiger partial charge in [0, 0.05) is 25.5 Å². The summed E-state index contributed by atoms with van der Waals surface area (Å²) in [4.78, 5) is 4.35. The Hall–Kier alpha value is -1.81. The summed E-state index contributed by atoms with van der Waals surface area (Å²) in [6, 6.07) is 4.38. The molecule has 114 valence electrons. The first-order valence-electron chi connectivity index (χ1n) is 7.59. The van der Waals surface area contributed by atoms with Crippen molar-refractivity contribution in [3.8, 4) is 5.75 Å². The lowest BCUT2D eigenvalue weighted by Crippen LogP contribution is -2.12. The number of aromatic nitrogens is 2. The predicted molar refractivity (Wildman–Crippen MR) is 85.5 cm³/mol. The number of benzene rings is 1. The van der Waals surface area contributed by atoms with Crippen molar-refractivity contribution in [1.82, 2.24) is 14.9 Å². The van der Waals surface area contributed by atoms with Crippen molar-refractivity contribution in [3.05, 3.63) is 47.0 Å². The Kier molecular flexibility index (Phi) is 5.39. The second-order valence-electron chi connectivity index (χ2n) is 5.26. The molecule has 0 amide bonds. The molecule has 0 aliphatic heterocycles. The molecule has 1 N–H and O–H groups in total. The minimum atomic E-state index is 0.509. The Bertz CT molecular complexity index is 566. The molecule has 2 aromatic rings. The molecule has 21 heavy (non-hydrogen) atoms. The third-order valence-corrected chi connectivity index (χ3v) is 3.59. The molecule has 0 radical (unpaired) electrons. The van der Waals surface area contributed by atoms with Crippen LogP contribution in [0, 0.1) is 13.8 Å². The van der Waals surface area contributed by atoms with Gasteiger partial charge in [0.05, 0.1) is 0 Å². The van der Waals surface area contributed by atoms with Gasteiger partial charge in [0.1, 0.15) is 18.2 Å². The average Bonchev–Trinajstić information content (AvgIpc) is 2.91. The first kappa shape index (κ1) is 15.6. The molecule has 1 aromatic carbocycles. The van der Waals surface area contributed by atoms with Crippen LogP contribution in [0.4, 0.5) is 0 Å². The largest absolute Gasteiger partial charge is 0.485 e. The monoisotopic (exact) mass is 287 g/mol. The van der Waals surface area contributed by atoms with Gasteiger partial charge in [-0.1, -0.05) is 19.1 Å². The minimum Gasteiger partial charge on any atom is -0.485 e. The van der Waals surface area contributed by atoms with Crippen LogP contribution in [0.25, 0.3) is 0 Å². The zero-order valence-corrected chi connectivity index (χ0v) is 13.4. The summed E-state index contributed by atoms with van der Waals surface area (Å²) in [5, 5.41) is 3.35. The molecule has 0 bridgehead atoms. The maximum absolute atomic E-state index is 6.01. The molecule has 2 rings (SSSR count). The summed E-state index contributed by atoms with van der Waals surface area (Å²) in [6.45, 7) is 11.7. The quantitative estimate of drug-likeness (QED) is 0.850. The van der Waals surface area contributed by atoms with Gasteiger partial charge >= 0.3 is 0 Å². The molecule has 1 aromatic heterocycles. The van der Waals surface area contributed by atoms with Crippen molar-refractivity contribution in [3.63, 3.8) is 0 Å². The first-order chi connectivity index (χ1) is 10.2. The van der Waals surface area contributed by atoms with Crippen molar-refractivity contribution in [2.45, 2.75) is 47.4 Å². The molecular weight excluding hydrogens is 262 g/mol. The molecule has 0 spiro atoms. The lowest BCUT2D eigenvalue weighted by Gasteiger charge is -2.14. The summed E-state index contributed by atoms with van der Waals surface area (Å²) in [6.07, 6.45) is 3.80. The zero-order chi connectivity index (χ0) is 15.2. The van der Waals surface area contributed by atoms with Crippen LogP contribution in [0.15, 0.2) is 24.5 Å². The molecule has 0 aliphatic rings. The fraction of sp³-hybridized carbons (Fsp3) is 0.471. The highest BCUT2D eigenvalue weighted by molar-refractivity contribution is 5.43. The molecule has 0 saturated heterocycles. The molecule has 0 unspecified atom stereocenters. The van der Waals surface area contributed by atoms with E-state index in [9.17, 15) is 0 Å². The maximum Gasteiger partial charge on any atom is 0.146 e. The van der Waals surface area contributed by atoms with Gasteiger partial charge in [0.15, 0.2) is 0 Å². The fourth-order valence-electron chi connectivity index (χ4n) is 2.54. The third-order valence-electron chi connectivity index (χ3n) is 3.59. The van der Waals surface area contributed by atoms with E-state index in [4.69, 9.17) is 4.74 Å². The lowest BCUT2D eigenvalue weighted by atomic mass is 10.1. The van der Waals surface area contributed by atoms with Crippen molar-refractivity contribution in [1.29, 1.82) is 0 Å². The number of hydrogen-bond donors (Lipinski definition) is 1. The van der Waals surface area contributed by atoms with Crippen molar-refractivity contribution >= 4 is 0 Å². The van der Waals surface area contributed by atoms with E-state index in [1.165, 1.54) is 16.7 Å². The van der Waals surface area contributed by atoms with E-state index in [-0.39, 0.29) is 0 Å². The number of nitrogens with one attached hydrogen (secondary N) is 1. The first-order valence-corrected chi connectivity index (χ1v) is 7.59. The Labute approximate surface area is 127 Å². The minimum absolute atomic E-state index is 0.509. The van der Waals surface area contributed by atoms with Crippen LogP contribution in [0.1, 0.15) is 36.4 Å². The van der Waals surface area contributed by atoms with Gasteiger partial charge < -0.3 is 14.6 Å². The molecule has 0 fully saturated rings. The summed E-state index contributed by atoms with van der Waals surface area (Å²) < 4.78 is 8.11. The zero-order valence-electron chi connectivity index (χ0n) is 13.4. The molecule has 1 heterocycles. The Morgan fingerprint density at radius 3 is 2.52 bits per heavy atom. The average molecular weight is 287 g/mol. The predicted octanol–water partition coefficient (Wildman–Crippen LogP) is 3.21. The second kappa shape index (κ2) is 7.27. The van der Waals surface area contributed by atoms with Gasteiger partial charge in [-0.15, -0.1) is 0 Å². The standard InChI is InChI=1S/C17H25N3O/c1-5-18-11-15-9-13(3)17(14(4)10-15)21-12-16-19-7-8-20(16)6-2/h7-10,18H,5-6,11-12H2,1-4H3. The Balaban J connectivity index is 2.09. The number of ether oxygens (including phenoxy) is 1. The number of rotatable bonds is 7. The van der Waals surface area contributed by atoms with Crippen molar-refractivity contribution in [2.24, 2.45) is 0 Å². The van der Waals surface area contributed by atoms with E-state index in [1.54, 1.807) is 0 Å². The van der Waals surface area contributed by atoms with E-state index in [0.29, 0.717) is 6.61 Å². The third kappa shape index (κ3) is 3.85. The van der Waals surface area contributed by atoms with Crippen LogP contribution >= 0.6 is 0 Å². The summed E-state index contributed by atoms with van der Waals surface area (Å²) >= 11 is 0. The number of imidazole rings is 1. The van der Waals surface area contributed by atoms with Gasteiger partial charge in [-0.2, -0.15) is 0 Å². The van der Waals surface area contributed by atoms with Crippen molar-refractivity contribution < 1.29 is 4.74 Å². The van der Waals surface area contributed by atoms with Gasteiger partial charge in [-0.05, 0) is 44.0 Å². The van der Waals surface area contributed by atoms with E-state index >= 15 is 0 Å². The smallest absolute Gasteiger partial charge is 0.146 e. The van der Waals surface area contributed by atoms with Crippen LogP contribution in [0.2, 0.25) is 0 Å². The van der Waals surface area contributed by atoms with Crippen LogP contribution in [-0.2, 0) is 19.7 Å². The SMILES string of the molecule is CCNCc1cc(C)c(OCc2nccn2CC)c(C)c1. The van der Waals surface area contributed by atoms with Crippen LogP contribution in [0.5, 0.6) is 5.75 Å². The van der Waals surface area contributed by atoms with Crippen LogP contribution in [-0.4, -0.2) is 16.1 Å². The highest BCUT2D eigenvalue weighted by Crippen LogP contribution is 2.25. The molecule has 4 heteroatoms. The Morgan fingerprint density at radius 2 is 1.90 bits per heavy atom. The Morgan fingerprint density at radius 1 is 1.19 bits per heavy atom. The summed E-state index contributed by atoms with van der Waals surface area (Å²) in [5.74, 6) is 1.94. The molecule has 0 saturated carbocycles. The summed E-state index contributed by atoms with van der Waals surface area (Å²) in [5.41, 5.74) is 3.66. The number of aryl methyl sites for hydroxylation is 3. The fourth-order valence-corrected chi connectivity index (χ4v) is 2.54. The van der Waals surface area contributed by atoms with Crippen molar-refractivity contribution in [2.75, 3.05) is 6.54 Å². The van der Waals surface area contributed by atoms with E-state index in [0.717, 1.165) is 31.2 Å². The van der Waals surface area contributed by atoms with Crippen LogP contribution in [0.3, 0.4) is 0 Å². The van der Waals surface area contributed by atoms with Gasteiger partial charge in [0.25, 0.3) is 0 Å². The molecule has 0 aliphatic carbocycles. The highest BCUT2D eigenvalue weighted by Gasteiger charge is 2.09. The lowest BCUT2D eigenvalue weighted by molar-refractivity contribution is 0.286. The van der Waals surface area contributed by atoms with Crippen LogP contribution < -0.4 is 10.1 Å². The number of nitrogens with zero attached hydrogens (tertiary/aromatic N) is 2. The van der Waals surface area contributed by atoms with E-state index in [1.807, 2.05) is 12.4 Å². The number of hydrogen-bond acceptors (Lipinski definition) is 3. The van der Waals surface area contributed by atoms with Gasteiger partial charge in [-0.25, -0.2) is 4.98 Å². The highest BCUT2D eigenvalue weighted by atomic mass is 16.5. The van der Waals surface area contributed by atoms with E-state index in [2.05, 4.69) is 54.7 Å².